The average Bonchev–Trinajstić information content (AvgIpc) is 3.08. The maximum absolute atomic E-state index is 14.4. The fourth-order valence-electron chi connectivity index (χ4n) is 3.25. The van der Waals surface area contributed by atoms with Crippen molar-refractivity contribution in [3.63, 3.8) is 0 Å². The molecule has 1 aliphatic rings. The van der Waals surface area contributed by atoms with E-state index in [1.165, 1.54) is 0 Å². The Morgan fingerprint density at radius 2 is 1.84 bits per heavy atom. The molecule has 176 valence electrons. The molecule has 0 amide bonds. The van der Waals surface area contributed by atoms with Crippen LogP contribution in [0.1, 0.15) is 12.0 Å². The highest BCUT2D eigenvalue weighted by Crippen LogP contribution is 2.40. The van der Waals surface area contributed by atoms with Crippen molar-refractivity contribution in [1.82, 2.24) is 4.90 Å². The van der Waals surface area contributed by atoms with Crippen LogP contribution in [0.4, 0.5) is 27.6 Å². The number of rotatable bonds is 6. The summed E-state index contributed by atoms with van der Waals surface area (Å²) in [6, 6.07) is 3.31. The van der Waals surface area contributed by atoms with Crippen LogP contribution in [0.5, 0.6) is 11.5 Å². The normalized spacial score (nSPS) is 17.4. The van der Waals surface area contributed by atoms with E-state index in [-0.39, 0.29) is 10.2 Å². The van der Waals surface area contributed by atoms with Crippen molar-refractivity contribution >= 4 is 31.6 Å². The number of halogens is 6. The average molecular weight is 545 g/mol. The minimum atomic E-state index is -4.74. The number of likely N-dealkylation sites (tertiary alicyclic amines) is 1. The van der Waals surface area contributed by atoms with Crippen LogP contribution in [0.2, 0.25) is 0 Å². The highest BCUT2D eigenvalue weighted by atomic mass is 79.9. The van der Waals surface area contributed by atoms with Crippen molar-refractivity contribution in [2.45, 2.75) is 23.6 Å². The van der Waals surface area contributed by atoms with Crippen molar-refractivity contribution in [2.24, 2.45) is 0 Å². The summed E-state index contributed by atoms with van der Waals surface area (Å²) in [4.78, 5) is 0.818. The zero-order valence-corrected chi connectivity index (χ0v) is 19.2. The van der Waals surface area contributed by atoms with Crippen molar-refractivity contribution in [3.8, 4) is 11.5 Å². The first kappa shape index (κ1) is 24.5. The topological polar surface area (TPSA) is 67.9 Å². The minimum Gasteiger partial charge on any atom is -0.494 e. The molecule has 2 aromatic carbocycles. The molecule has 32 heavy (non-hydrogen) atoms. The molecular weight excluding hydrogens is 527 g/mol. The van der Waals surface area contributed by atoms with Gasteiger partial charge < -0.3 is 14.4 Å². The molecule has 1 fully saturated rings. The van der Waals surface area contributed by atoms with E-state index in [9.17, 15) is 30.4 Å². The Kier molecular flexibility index (Phi) is 6.91. The number of sulfonamides is 1. The van der Waals surface area contributed by atoms with Crippen LogP contribution in [0, 0.1) is 11.6 Å². The molecule has 6 nitrogen and oxygen atoms in total. The lowest BCUT2D eigenvalue weighted by Crippen LogP contribution is -2.23. The van der Waals surface area contributed by atoms with Gasteiger partial charge >= 0.3 is 6.18 Å². The second-order valence-corrected chi connectivity index (χ2v) is 9.60. The molecule has 0 radical (unpaired) electrons. The predicted octanol–water partition coefficient (Wildman–Crippen LogP) is 4.64. The van der Waals surface area contributed by atoms with Gasteiger partial charge in [0, 0.05) is 23.6 Å². The zero-order chi connectivity index (χ0) is 23.8. The van der Waals surface area contributed by atoms with Gasteiger partial charge in [0.15, 0.2) is 11.6 Å². The van der Waals surface area contributed by atoms with Gasteiger partial charge in [0.25, 0.3) is 10.0 Å². The van der Waals surface area contributed by atoms with Gasteiger partial charge in [-0.2, -0.15) is 17.6 Å². The summed E-state index contributed by atoms with van der Waals surface area (Å²) in [5, 5.41) is 0. The van der Waals surface area contributed by atoms with Crippen LogP contribution < -0.4 is 14.2 Å². The van der Waals surface area contributed by atoms with Gasteiger partial charge in [-0.25, -0.2) is 12.8 Å². The molecule has 0 spiro atoms. The van der Waals surface area contributed by atoms with Crippen LogP contribution in [-0.2, 0) is 16.2 Å². The monoisotopic (exact) mass is 544 g/mol. The second-order valence-electron chi connectivity index (χ2n) is 7.12. The Morgan fingerprint density at radius 1 is 1.16 bits per heavy atom. The van der Waals surface area contributed by atoms with Crippen molar-refractivity contribution in [3.05, 3.63) is 45.9 Å². The van der Waals surface area contributed by atoms with E-state index in [2.05, 4.69) is 20.7 Å². The molecular formula is C19H18BrF5N2O4S. The van der Waals surface area contributed by atoms with E-state index >= 15 is 0 Å². The molecule has 0 aromatic heterocycles. The van der Waals surface area contributed by atoms with Gasteiger partial charge in [-0.3, -0.25) is 4.72 Å². The number of hydrogen-bond donors (Lipinski definition) is 1. The minimum absolute atomic E-state index is 0.318. The van der Waals surface area contributed by atoms with Crippen molar-refractivity contribution in [2.75, 3.05) is 32.0 Å². The number of hydrogen-bond acceptors (Lipinski definition) is 5. The number of likely N-dealkylation sites (N-methyl/N-ethyl adjacent to an activating group) is 1. The van der Waals surface area contributed by atoms with Gasteiger partial charge in [-0.05, 0) is 47.6 Å². The third-order valence-electron chi connectivity index (χ3n) is 4.75. The fourth-order valence-corrected chi connectivity index (χ4v) is 5.45. The lowest BCUT2D eigenvalue weighted by Gasteiger charge is -2.20. The fraction of sp³-hybridized carbons (Fsp3) is 0.368. The van der Waals surface area contributed by atoms with Crippen molar-refractivity contribution in [1.29, 1.82) is 0 Å². The molecule has 13 heteroatoms. The number of alkyl halides is 3. The quantitative estimate of drug-likeness (QED) is 0.424. The summed E-state index contributed by atoms with van der Waals surface area (Å²) in [5.74, 6) is -4.34. The van der Waals surface area contributed by atoms with Gasteiger partial charge in [0.2, 0.25) is 5.82 Å². The number of benzene rings is 2. The van der Waals surface area contributed by atoms with Crippen molar-refractivity contribution < 1.29 is 39.8 Å². The number of ether oxygens (including phenoxy) is 2. The molecule has 1 N–H and O–H groups in total. The SMILES string of the molecule is COc1cc(Br)c(S(=O)(=O)Nc2ccc(C(F)(F)F)c(O[C@@H]3CCN(C)C3)c2)c(F)c1F. The van der Waals surface area contributed by atoms with Gasteiger partial charge in [-0.1, -0.05) is 0 Å². The largest absolute Gasteiger partial charge is 0.494 e. The first-order valence-electron chi connectivity index (χ1n) is 9.14. The standard InChI is InChI=1S/C19H18BrF5N2O4S/c1-27-6-5-11(9-27)31-14-7-10(3-4-12(14)19(23,24)25)26-32(28,29)18-13(20)8-15(30-2)16(21)17(18)22/h3-4,7-8,11,26H,5-6,9H2,1-2H3/t11-/m1/s1. The Morgan fingerprint density at radius 3 is 2.41 bits per heavy atom. The lowest BCUT2D eigenvalue weighted by atomic mass is 10.1. The summed E-state index contributed by atoms with van der Waals surface area (Å²) in [6.45, 7) is 1.03. The summed E-state index contributed by atoms with van der Waals surface area (Å²) in [6.07, 6.45) is -4.77. The highest BCUT2D eigenvalue weighted by molar-refractivity contribution is 9.10. The van der Waals surface area contributed by atoms with Crippen LogP contribution in [0.15, 0.2) is 33.6 Å². The Balaban J connectivity index is 1.98. The predicted molar refractivity (Wildman–Crippen MR) is 109 cm³/mol. The first-order chi connectivity index (χ1) is 14.8. The van der Waals surface area contributed by atoms with Crippen LogP contribution in [-0.4, -0.2) is 46.7 Å². The zero-order valence-electron chi connectivity index (χ0n) is 16.8. The summed E-state index contributed by atoms with van der Waals surface area (Å²) < 4.78 is 106. The Hall–Kier alpha value is -2.12. The van der Waals surface area contributed by atoms with Gasteiger partial charge in [0.05, 0.1) is 18.4 Å². The summed E-state index contributed by atoms with van der Waals surface area (Å²) in [7, 11) is -1.87. The highest BCUT2D eigenvalue weighted by Gasteiger charge is 2.36. The lowest BCUT2D eigenvalue weighted by molar-refractivity contribution is -0.139. The third kappa shape index (κ3) is 5.09. The molecule has 0 unspecified atom stereocenters. The molecule has 1 atom stereocenters. The number of anilines is 1. The van der Waals surface area contributed by atoms with E-state index in [0.29, 0.717) is 25.6 Å². The smallest absolute Gasteiger partial charge is 0.419 e. The molecule has 0 saturated carbocycles. The molecule has 1 saturated heterocycles. The maximum atomic E-state index is 14.4. The maximum Gasteiger partial charge on any atom is 0.419 e. The van der Waals surface area contributed by atoms with Crippen LogP contribution in [0.3, 0.4) is 0 Å². The molecule has 0 aliphatic carbocycles. The van der Waals surface area contributed by atoms with E-state index in [4.69, 9.17) is 4.74 Å². The van der Waals surface area contributed by atoms with Crippen LogP contribution >= 0.6 is 15.9 Å². The van der Waals surface area contributed by atoms with E-state index in [1.54, 1.807) is 7.05 Å². The Labute approximate surface area is 189 Å². The number of nitrogens with zero attached hydrogens (tertiary/aromatic N) is 1. The first-order valence-corrected chi connectivity index (χ1v) is 11.4. The molecule has 3 rings (SSSR count). The molecule has 1 aliphatic heterocycles. The number of methoxy groups -OCH3 is 1. The summed E-state index contributed by atoms with van der Waals surface area (Å²) in [5.41, 5.74) is -1.40. The van der Waals surface area contributed by atoms with E-state index in [0.717, 1.165) is 25.3 Å². The van der Waals surface area contributed by atoms with E-state index in [1.807, 2.05) is 9.62 Å². The molecule has 1 heterocycles. The van der Waals surface area contributed by atoms with Gasteiger partial charge in [-0.15, -0.1) is 0 Å². The third-order valence-corrected chi connectivity index (χ3v) is 7.08. The second kappa shape index (κ2) is 9.02. The van der Waals surface area contributed by atoms with E-state index < -0.39 is 55.9 Å². The van der Waals surface area contributed by atoms with Crippen LogP contribution in [0.25, 0.3) is 0 Å². The summed E-state index contributed by atoms with van der Waals surface area (Å²) >= 11 is 2.85. The Bertz CT molecular complexity index is 1130. The molecule has 0 bridgehead atoms. The number of nitrogens with one attached hydrogen (secondary N) is 1. The van der Waals surface area contributed by atoms with Gasteiger partial charge in [0.1, 0.15) is 16.7 Å². The molecule has 2 aromatic rings.